The number of hydrogen-bond acceptors (Lipinski definition) is 5. The summed E-state index contributed by atoms with van der Waals surface area (Å²) in [5.41, 5.74) is 6.65. The molecule has 5 heteroatoms. The zero-order valence-electron chi connectivity index (χ0n) is 10.1. The molecule has 2 aromatic rings. The summed E-state index contributed by atoms with van der Waals surface area (Å²) < 4.78 is 0. The molecule has 1 unspecified atom stereocenters. The van der Waals surface area contributed by atoms with Crippen molar-refractivity contribution in [2.75, 3.05) is 24.5 Å². The van der Waals surface area contributed by atoms with Gasteiger partial charge in [0.2, 0.25) is 0 Å². The Kier molecular flexibility index (Phi) is 3.25. The van der Waals surface area contributed by atoms with Gasteiger partial charge in [-0.05, 0) is 42.5 Å². The number of rotatable bonds is 3. The van der Waals surface area contributed by atoms with Gasteiger partial charge in [-0.25, -0.2) is 0 Å². The van der Waals surface area contributed by atoms with Gasteiger partial charge in [0.05, 0.1) is 4.88 Å². The number of hydrogen-bond donors (Lipinski definition) is 1. The molecular weight excluding hydrogens is 244 g/mol. The fraction of sp³-hybridized carbons (Fsp3) is 0.385. The van der Waals surface area contributed by atoms with Crippen molar-refractivity contribution in [1.82, 2.24) is 10.2 Å². The highest BCUT2D eigenvalue weighted by molar-refractivity contribution is 7.13. The Morgan fingerprint density at radius 1 is 1.33 bits per heavy atom. The number of nitrogens with two attached hydrogens (primary N) is 1. The summed E-state index contributed by atoms with van der Waals surface area (Å²) in [7, 11) is 0. The maximum absolute atomic E-state index is 5.70. The van der Waals surface area contributed by atoms with Gasteiger partial charge in [-0.1, -0.05) is 6.07 Å². The van der Waals surface area contributed by atoms with Crippen molar-refractivity contribution in [3.05, 3.63) is 29.6 Å². The van der Waals surface area contributed by atoms with Crippen LogP contribution in [0, 0.1) is 5.92 Å². The van der Waals surface area contributed by atoms with Crippen LogP contribution in [-0.2, 0) is 0 Å². The van der Waals surface area contributed by atoms with Crippen molar-refractivity contribution in [2.24, 2.45) is 11.7 Å². The zero-order valence-corrected chi connectivity index (χ0v) is 10.9. The van der Waals surface area contributed by atoms with E-state index in [1.54, 1.807) is 11.3 Å². The number of anilines is 1. The maximum Gasteiger partial charge on any atom is 0.151 e. The Morgan fingerprint density at radius 2 is 2.28 bits per heavy atom. The lowest BCUT2D eigenvalue weighted by Gasteiger charge is -2.16. The minimum atomic E-state index is 0.601. The summed E-state index contributed by atoms with van der Waals surface area (Å²) in [4.78, 5) is 3.43. The van der Waals surface area contributed by atoms with E-state index in [1.807, 2.05) is 12.1 Å². The summed E-state index contributed by atoms with van der Waals surface area (Å²) in [6.07, 6.45) is 1.16. The van der Waals surface area contributed by atoms with E-state index in [2.05, 4.69) is 32.6 Å². The third-order valence-electron chi connectivity index (χ3n) is 3.37. The highest BCUT2D eigenvalue weighted by Crippen LogP contribution is 2.25. The molecular formula is C13H16N4S. The molecule has 1 saturated heterocycles. The van der Waals surface area contributed by atoms with Crippen LogP contribution in [0.3, 0.4) is 0 Å². The van der Waals surface area contributed by atoms with E-state index in [0.717, 1.165) is 42.4 Å². The fourth-order valence-electron chi connectivity index (χ4n) is 2.28. The Bertz CT molecular complexity index is 494. The van der Waals surface area contributed by atoms with E-state index >= 15 is 0 Å². The molecule has 0 radical (unpaired) electrons. The van der Waals surface area contributed by atoms with Gasteiger partial charge in [0, 0.05) is 13.1 Å². The lowest BCUT2D eigenvalue weighted by atomic mass is 10.1. The standard InChI is InChI=1S/C13H16N4S/c14-8-10-5-6-17(9-10)13-4-3-11(15-16-13)12-2-1-7-18-12/h1-4,7,10H,5-6,8-9,14H2. The molecule has 0 amide bonds. The van der Waals surface area contributed by atoms with E-state index < -0.39 is 0 Å². The first-order valence-electron chi connectivity index (χ1n) is 6.19. The molecule has 94 valence electrons. The van der Waals surface area contributed by atoms with Gasteiger partial charge in [-0.15, -0.1) is 21.5 Å². The molecule has 2 N–H and O–H groups in total. The average molecular weight is 260 g/mol. The summed E-state index contributed by atoms with van der Waals surface area (Å²) in [6.45, 7) is 2.80. The quantitative estimate of drug-likeness (QED) is 0.917. The van der Waals surface area contributed by atoms with E-state index in [-0.39, 0.29) is 0 Å². The van der Waals surface area contributed by atoms with Crippen molar-refractivity contribution >= 4 is 17.2 Å². The smallest absolute Gasteiger partial charge is 0.151 e. The van der Waals surface area contributed by atoms with Crippen LogP contribution in [0.25, 0.3) is 10.6 Å². The Labute approximate surface area is 110 Å². The molecule has 1 fully saturated rings. The van der Waals surface area contributed by atoms with Crippen LogP contribution < -0.4 is 10.6 Å². The highest BCUT2D eigenvalue weighted by Gasteiger charge is 2.22. The van der Waals surface area contributed by atoms with Crippen LogP contribution in [0.2, 0.25) is 0 Å². The summed E-state index contributed by atoms with van der Waals surface area (Å²) in [5, 5.41) is 10.7. The third-order valence-corrected chi connectivity index (χ3v) is 4.26. The molecule has 18 heavy (non-hydrogen) atoms. The first kappa shape index (κ1) is 11.6. The predicted molar refractivity (Wildman–Crippen MR) is 74.7 cm³/mol. The van der Waals surface area contributed by atoms with Gasteiger partial charge in [0.25, 0.3) is 0 Å². The lowest BCUT2D eigenvalue weighted by molar-refractivity contribution is 0.602. The minimum Gasteiger partial charge on any atom is -0.355 e. The average Bonchev–Trinajstić information content (AvgIpc) is 3.10. The number of aromatic nitrogens is 2. The summed E-state index contributed by atoms with van der Waals surface area (Å²) >= 11 is 1.69. The highest BCUT2D eigenvalue weighted by atomic mass is 32.1. The monoisotopic (exact) mass is 260 g/mol. The van der Waals surface area contributed by atoms with Crippen LogP contribution in [0.15, 0.2) is 29.6 Å². The first-order chi connectivity index (χ1) is 8.86. The van der Waals surface area contributed by atoms with E-state index in [1.165, 1.54) is 0 Å². The van der Waals surface area contributed by atoms with Crippen LogP contribution in [0.4, 0.5) is 5.82 Å². The van der Waals surface area contributed by atoms with Crippen LogP contribution in [-0.4, -0.2) is 29.8 Å². The summed E-state index contributed by atoms with van der Waals surface area (Å²) in [5.74, 6) is 1.56. The Morgan fingerprint density at radius 3 is 2.89 bits per heavy atom. The van der Waals surface area contributed by atoms with E-state index in [9.17, 15) is 0 Å². The molecule has 1 aliphatic rings. The summed E-state index contributed by atoms with van der Waals surface area (Å²) in [6, 6.07) is 8.20. The van der Waals surface area contributed by atoms with Crippen LogP contribution in [0.5, 0.6) is 0 Å². The van der Waals surface area contributed by atoms with Crippen molar-refractivity contribution in [2.45, 2.75) is 6.42 Å². The van der Waals surface area contributed by atoms with Crippen molar-refractivity contribution < 1.29 is 0 Å². The van der Waals surface area contributed by atoms with Crippen LogP contribution >= 0.6 is 11.3 Å². The Balaban J connectivity index is 1.76. The second-order valence-electron chi connectivity index (χ2n) is 4.59. The normalized spacial score (nSPS) is 19.4. The lowest BCUT2D eigenvalue weighted by Crippen LogP contribution is -2.23. The first-order valence-corrected chi connectivity index (χ1v) is 7.07. The fourth-order valence-corrected chi connectivity index (χ4v) is 2.97. The van der Waals surface area contributed by atoms with Crippen molar-refractivity contribution in [3.63, 3.8) is 0 Å². The second-order valence-corrected chi connectivity index (χ2v) is 5.54. The molecule has 0 aromatic carbocycles. The molecule has 1 aliphatic heterocycles. The number of thiophene rings is 1. The largest absolute Gasteiger partial charge is 0.355 e. The SMILES string of the molecule is NCC1CCN(c2ccc(-c3cccs3)nn2)C1. The molecule has 0 bridgehead atoms. The topological polar surface area (TPSA) is 55.0 Å². The van der Waals surface area contributed by atoms with Gasteiger partial charge in [-0.2, -0.15) is 0 Å². The molecule has 0 saturated carbocycles. The molecule has 0 spiro atoms. The molecule has 0 aliphatic carbocycles. The van der Waals surface area contributed by atoms with Gasteiger partial charge < -0.3 is 10.6 Å². The minimum absolute atomic E-state index is 0.601. The predicted octanol–water partition coefficient (Wildman–Crippen LogP) is 1.99. The van der Waals surface area contributed by atoms with Gasteiger partial charge >= 0.3 is 0 Å². The van der Waals surface area contributed by atoms with E-state index in [4.69, 9.17) is 5.73 Å². The van der Waals surface area contributed by atoms with Gasteiger partial charge in [0.1, 0.15) is 5.69 Å². The third kappa shape index (κ3) is 2.23. The molecule has 3 rings (SSSR count). The van der Waals surface area contributed by atoms with Crippen LogP contribution in [0.1, 0.15) is 6.42 Å². The maximum atomic E-state index is 5.70. The van der Waals surface area contributed by atoms with E-state index in [0.29, 0.717) is 5.92 Å². The molecule has 1 atom stereocenters. The molecule has 2 aromatic heterocycles. The zero-order chi connectivity index (χ0) is 12.4. The molecule has 3 heterocycles. The van der Waals surface area contributed by atoms with Crippen molar-refractivity contribution in [3.8, 4) is 10.6 Å². The number of nitrogens with zero attached hydrogens (tertiary/aromatic N) is 3. The molecule has 4 nitrogen and oxygen atoms in total. The van der Waals surface area contributed by atoms with Gasteiger partial charge in [-0.3, -0.25) is 0 Å². The Hall–Kier alpha value is -1.46. The van der Waals surface area contributed by atoms with Crippen molar-refractivity contribution in [1.29, 1.82) is 0 Å². The second kappa shape index (κ2) is 5.04. The van der Waals surface area contributed by atoms with Gasteiger partial charge in [0.15, 0.2) is 5.82 Å².